The van der Waals surface area contributed by atoms with Gasteiger partial charge in [-0.15, -0.1) is 0 Å². The molecule has 7 nitrogen and oxygen atoms in total. The number of esters is 1. The van der Waals surface area contributed by atoms with Crippen LogP contribution in [0.5, 0.6) is 0 Å². The minimum Gasteiger partial charge on any atom is -0.457 e. The van der Waals surface area contributed by atoms with E-state index in [2.05, 4.69) is 6.58 Å². The molecule has 1 amide bonds. The van der Waals surface area contributed by atoms with Crippen molar-refractivity contribution in [1.29, 1.82) is 0 Å². The summed E-state index contributed by atoms with van der Waals surface area (Å²) in [5.41, 5.74) is -0.255. The van der Waals surface area contributed by atoms with Crippen LogP contribution in [0.25, 0.3) is 0 Å². The molecular weight excluding hydrogens is 558 g/mol. The molecule has 0 saturated carbocycles. The lowest BCUT2D eigenvalue weighted by atomic mass is 9.79. The lowest BCUT2D eigenvalue weighted by Crippen LogP contribution is -2.63. The molecule has 0 aliphatic carbocycles. The van der Waals surface area contributed by atoms with Crippen LogP contribution >= 0.6 is 77.0 Å². The van der Waals surface area contributed by atoms with Crippen molar-refractivity contribution >= 4 is 88.9 Å². The monoisotopic (exact) mass is 575 g/mol. The molecule has 31 heavy (non-hydrogen) atoms. The summed E-state index contributed by atoms with van der Waals surface area (Å²) in [6.45, 7) is 6.41. The van der Waals surface area contributed by atoms with Gasteiger partial charge >= 0.3 is 5.97 Å². The van der Waals surface area contributed by atoms with Crippen molar-refractivity contribution in [1.82, 2.24) is 4.90 Å². The summed E-state index contributed by atoms with van der Waals surface area (Å²) < 4.78 is 20.4. The summed E-state index contributed by atoms with van der Waals surface area (Å²) >= 11 is 35.0. The van der Waals surface area contributed by atoms with E-state index in [1.165, 1.54) is 13.0 Å². The Morgan fingerprint density at radius 2 is 1.77 bits per heavy atom. The molecule has 2 aliphatic heterocycles. The Bertz CT molecular complexity index is 816. The Balaban J connectivity index is 2.52. The smallest absolute Gasteiger partial charge is 0.358 e. The number of halogens is 6. The zero-order valence-electron chi connectivity index (χ0n) is 16.4. The molecule has 0 spiro atoms. The van der Waals surface area contributed by atoms with E-state index in [1.807, 2.05) is 0 Å². The van der Waals surface area contributed by atoms with Crippen LogP contribution < -0.4 is 0 Å². The highest BCUT2D eigenvalue weighted by Crippen LogP contribution is 2.61. The minimum atomic E-state index is -4.02. The Hall–Kier alpha value is 0.150. The molecule has 1 fully saturated rings. The summed E-state index contributed by atoms with van der Waals surface area (Å²) in [5.74, 6) is -2.98. The highest BCUT2D eigenvalue weighted by molar-refractivity contribution is 7.60. The highest BCUT2D eigenvalue weighted by Gasteiger charge is 2.62. The maximum absolute atomic E-state index is 13.6. The van der Waals surface area contributed by atoms with Gasteiger partial charge in [-0.3, -0.25) is 14.3 Å². The van der Waals surface area contributed by atoms with Crippen molar-refractivity contribution in [2.75, 3.05) is 18.9 Å². The average molecular weight is 578 g/mol. The first-order chi connectivity index (χ1) is 14.0. The first-order valence-electron chi connectivity index (χ1n) is 8.96. The number of aliphatic hydroxyl groups excluding tert-OH is 1. The first kappa shape index (κ1) is 27.4. The molecule has 0 unspecified atom stereocenters. The Morgan fingerprint density at radius 3 is 2.19 bits per heavy atom. The van der Waals surface area contributed by atoms with Gasteiger partial charge in [0.15, 0.2) is 5.70 Å². The SMILES string of the molecule is C=CCOC(=O)C1=C(OP(=O)(CC(Cl)(Cl)Cl)CC(Cl)(Cl)Cl)[C@H](C)[C@@H]2[C@@H]([C@@H](C)O)C(=O)N12. The molecule has 14 heteroatoms. The number of aliphatic hydroxyl groups is 1. The van der Waals surface area contributed by atoms with E-state index < -0.39 is 63.1 Å². The zero-order valence-corrected chi connectivity index (χ0v) is 21.8. The number of carbonyl (C=O) groups excluding carboxylic acids is 2. The number of fused-ring (bicyclic) bond motifs is 1. The van der Waals surface area contributed by atoms with E-state index >= 15 is 0 Å². The molecule has 4 atom stereocenters. The van der Waals surface area contributed by atoms with Gasteiger partial charge < -0.3 is 14.4 Å². The minimum absolute atomic E-state index is 0.123. The Labute approximate surface area is 209 Å². The number of hydrogen-bond donors (Lipinski definition) is 1. The molecule has 1 saturated heterocycles. The molecule has 0 aromatic heterocycles. The lowest BCUT2D eigenvalue weighted by molar-refractivity contribution is -0.164. The van der Waals surface area contributed by atoms with Crippen molar-refractivity contribution in [3.05, 3.63) is 24.1 Å². The molecule has 2 aliphatic rings. The fourth-order valence-corrected chi connectivity index (χ4v) is 8.90. The zero-order chi connectivity index (χ0) is 23.9. The van der Waals surface area contributed by atoms with E-state index in [0.29, 0.717) is 0 Å². The molecule has 1 N–H and O–H groups in total. The third-order valence-electron chi connectivity index (χ3n) is 4.74. The largest absolute Gasteiger partial charge is 0.457 e. The van der Waals surface area contributed by atoms with Gasteiger partial charge in [0.1, 0.15) is 12.4 Å². The van der Waals surface area contributed by atoms with E-state index in [9.17, 15) is 19.3 Å². The number of amides is 1. The van der Waals surface area contributed by atoms with Gasteiger partial charge in [-0.05, 0) is 6.92 Å². The molecule has 176 valence electrons. The fourth-order valence-electron chi connectivity index (χ4n) is 3.68. The van der Waals surface area contributed by atoms with Gasteiger partial charge in [-0.1, -0.05) is 89.2 Å². The van der Waals surface area contributed by atoms with E-state index in [-0.39, 0.29) is 18.1 Å². The van der Waals surface area contributed by atoms with Crippen molar-refractivity contribution in [3.8, 4) is 0 Å². The number of ether oxygens (including phenoxy) is 1. The van der Waals surface area contributed by atoms with E-state index in [0.717, 1.165) is 4.90 Å². The maximum Gasteiger partial charge on any atom is 0.358 e. The number of β-lactam (4-membered cyclic amide) rings is 1. The second-order valence-electron chi connectivity index (χ2n) is 7.31. The summed E-state index contributed by atoms with van der Waals surface area (Å²) in [5, 5.41) is 10.0. The molecule has 0 radical (unpaired) electrons. The summed E-state index contributed by atoms with van der Waals surface area (Å²) in [6.07, 6.45) is -0.901. The second-order valence-corrected chi connectivity index (χ2v) is 14.8. The third-order valence-corrected chi connectivity index (χ3v) is 9.10. The molecule has 2 heterocycles. The van der Waals surface area contributed by atoms with Gasteiger partial charge in [0.2, 0.25) is 13.5 Å². The van der Waals surface area contributed by atoms with Crippen LogP contribution in [-0.2, 0) is 23.4 Å². The fraction of sp³-hybridized carbons (Fsp3) is 0.647. The van der Waals surface area contributed by atoms with Crippen LogP contribution in [0.2, 0.25) is 0 Å². The molecule has 0 aromatic carbocycles. The maximum atomic E-state index is 13.6. The van der Waals surface area contributed by atoms with Crippen molar-refractivity contribution < 1.29 is 28.5 Å². The van der Waals surface area contributed by atoms with Crippen LogP contribution in [0.1, 0.15) is 13.8 Å². The van der Waals surface area contributed by atoms with Gasteiger partial charge in [0.05, 0.1) is 30.4 Å². The van der Waals surface area contributed by atoms with Crippen LogP contribution in [0.4, 0.5) is 0 Å². The topological polar surface area (TPSA) is 93.1 Å². The Morgan fingerprint density at radius 1 is 1.26 bits per heavy atom. The van der Waals surface area contributed by atoms with Crippen molar-refractivity contribution in [2.24, 2.45) is 11.8 Å². The van der Waals surface area contributed by atoms with Gasteiger partial charge in [-0.25, -0.2) is 4.79 Å². The van der Waals surface area contributed by atoms with Crippen LogP contribution in [0.15, 0.2) is 24.1 Å². The van der Waals surface area contributed by atoms with Gasteiger partial charge in [-0.2, -0.15) is 0 Å². The van der Waals surface area contributed by atoms with Crippen molar-refractivity contribution in [2.45, 2.75) is 33.6 Å². The number of nitrogens with zero attached hydrogens (tertiary/aromatic N) is 1. The predicted molar refractivity (Wildman–Crippen MR) is 122 cm³/mol. The summed E-state index contributed by atoms with van der Waals surface area (Å²) in [7, 11) is -4.02. The number of alkyl halides is 6. The molecule has 0 bridgehead atoms. The van der Waals surface area contributed by atoms with Gasteiger partial charge in [0.25, 0.3) is 7.37 Å². The lowest BCUT2D eigenvalue weighted by Gasteiger charge is -2.46. The number of carbonyl (C=O) groups is 2. The highest BCUT2D eigenvalue weighted by atomic mass is 35.6. The van der Waals surface area contributed by atoms with Gasteiger partial charge in [0, 0.05) is 5.92 Å². The van der Waals surface area contributed by atoms with Crippen LogP contribution in [0, 0.1) is 11.8 Å². The van der Waals surface area contributed by atoms with Crippen molar-refractivity contribution in [3.63, 3.8) is 0 Å². The third kappa shape index (κ3) is 6.39. The summed E-state index contributed by atoms with van der Waals surface area (Å²) in [6, 6.07) is -0.622. The van der Waals surface area contributed by atoms with E-state index in [4.69, 9.17) is 78.9 Å². The number of hydrogen-bond acceptors (Lipinski definition) is 6. The Kier molecular flexibility index (Phi) is 8.65. The normalized spacial score (nSPS) is 25.1. The van der Waals surface area contributed by atoms with Crippen LogP contribution in [-0.4, -0.2) is 60.5 Å². The molecular formula is C17H20Cl6NO6P. The predicted octanol–water partition coefficient (Wildman–Crippen LogP) is 4.82. The molecule has 2 rings (SSSR count). The first-order valence-corrected chi connectivity index (χ1v) is 13.2. The van der Waals surface area contributed by atoms with Crippen LogP contribution in [0.3, 0.4) is 0 Å². The molecule has 0 aromatic rings. The number of rotatable bonds is 8. The standard InChI is InChI=1S/C17H20Cl6NO6P/c1-4-5-29-15(27)12-13(8(2)11-10(9(3)25)14(26)24(11)12)30-31(28,6-16(18,19)20)7-17(21,22)23/h4,8-11,25H,1,5-7H2,2-3H3/t8-,9-,10-,11-/m1/s1. The summed E-state index contributed by atoms with van der Waals surface area (Å²) in [4.78, 5) is 26.5. The second kappa shape index (κ2) is 9.79. The quantitative estimate of drug-likeness (QED) is 0.146. The average Bonchev–Trinajstić information content (AvgIpc) is 2.77. The van der Waals surface area contributed by atoms with E-state index in [1.54, 1.807) is 6.92 Å².